The average molecular weight is 425 g/mol. The molecule has 0 aromatic heterocycles. The molecule has 0 spiro atoms. The normalized spacial score (nSPS) is 21.3. The van der Waals surface area contributed by atoms with Crippen molar-refractivity contribution in [2.24, 2.45) is 5.73 Å². The lowest BCUT2D eigenvalue weighted by Gasteiger charge is -2.42. The lowest BCUT2D eigenvalue weighted by atomic mass is 9.89. The van der Waals surface area contributed by atoms with Crippen molar-refractivity contribution in [3.05, 3.63) is 34.9 Å². The first kappa shape index (κ1) is 23.5. The molecule has 2 aliphatic heterocycles. The van der Waals surface area contributed by atoms with E-state index in [1.807, 2.05) is 23.1 Å². The molecular formula is C18H28Cl3N3O2. The van der Waals surface area contributed by atoms with Gasteiger partial charge in [0.1, 0.15) is 0 Å². The van der Waals surface area contributed by atoms with Crippen molar-refractivity contribution < 1.29 is 9.53 Å². The van der Waals surface area contributed by atoms with Gasteiger partial charge < -0.3 is 15.4 Å². The molecule has 148 valence electrons. The first-order chi connectivity index (χ1) is 11.5. The fraction of sp³-hybridized carbons (Fsp3) is 0.611. The first-order valence-corrected chi connectivity index (χ1v) is 9.03. The van der Waals surface area contributed by atoms with Crippen molar-refractivity contribution in [1.29, 1.82) is 0 Å². The number of amides is 1. The van der Waals surface area contributed by atoms with E-state index >= 15 is 0 Å². The van der Waals surface area contributed by atoms with E-state index in [9.17, 15) is 4.79 Å². The third-order valence-electron chi connectivity index (χ3n) is 5.32. The minimum Gasteiger partial charge on any atom is -0.381 e. The molecule has 26 heavy (non-hydrogen) atoms. The van der Waals surface area contributed by atoms with Crippen LogP contribution in [0.5, 0.6) is 0 Å². The molecule has 0 aliphatic carbocycles. The SMILES string of the molecule is CC(c1ccccc1Cl)N1CCN(C(=O)C2(N)CCOCC2)CC1.Cl.Cl. The summed E-state index contributed by atoms with van der Waals surface area (Å²) in [6, 6.07) is 8.20. The van der Waals surface area contributed by atoms with Crippen molar-refractivity contribution in [2.75, 3.05) is 39.4 Å². The lowest BCUT2D eigenvalue weighted by Crippen LogP contribution is -2.61. The van der Waals surface area contributed by atoms with E-state index in [-0.39, 0.29) is 36.8 Å². The Bertz CT molecular complexity index is 589. The number of ether oxygens (including phenoxy) is 1. The fourth-order valence-corrected chi connectivity index (χ4v) is 3.88. The van der Waals surface area contributed by atoms with E-state index in [0.29, 0.717) is 39.1 Å². The largest absolute Gasteiger partial charge is 0.381 e. The maximum Gasteiger partial charge on any atom is 0.242 e. The second-order valence-electron chi connectivity index (χ2n) is 6.79. The predicted octanol–water partition coefficient (Wildman–Crippen LogP) is 2.90. The average Bonchev–Trinajstić information content (AvgIpc) is 2.62. The fourth-order valence-electron chi connectivity index (χ4n) is 3.59. The van der Waals surface area contributed by atoms with Crippen LogP contribution in [0.15, 0.2) is 24.3 Å². The summed E-state index contributed by atoms with van der Waals surface area (Å²) in [6.45, 7) is 6.43. The summed E-state index contributed by atoms with van der Waals surface area (Å²) in [5.41, 5.74) is 6.73. The van der Waals surface area contributed by atoms with Crippen LogP contribution in [0.25, 0.3) is 0 Å². The van der Waals surface area contributed by atoms with Gasteiger partial charge in [0, 0.05) is 50.5 Å². The van der Waals surface area contributed by atoms with Gasteiger partial charge in [-0.2, -0.15) is 0 Å². The predicted molar refractivity (Wildman–Crippen MR) is 109 cm³/mol. The summed E-state index contributed by atoms with van der Waals surface area (Å²) >= 11 is 6.32. The third-order valence-corrected chi connectivity index (χ3v) is 5.66. The highest BCUT2D eigenvalue weighted by Crippen LogP contribution is 2.28. The van der Waals surface area contributed by atoms with Gasteiger partial charge in [-0.25, -0.2) is 0 Å². The van der Waals surface area contributed by atoms with Gasteiger partial charge in [0.25, 0.3) is 0 Å². The molecular weight excluding hydrogens is 397 g/mol. The van der Waals surface area contributed by atoms with Gasteiger partial charge in [0.2, 0.25) is 5.91 Å². The van der Waals surface area contributed by atoms with Gasteiger partial charge >= 0.3 is 0 Å². The lowest BCUT2D eigenvalue weighted by molar-refractivity contribution is -0.142. The van der Waals surface area contributed by atoms with E-state index in [0.717, 1.165) is 23.7 Å². The van der Waals surface area contributed by atoms with Crippen molar-refractivity contribution in [1.82, 2.24) is 9.80 Å². The molecule has 0 radical (unpaired) electrons. The van der Waals surface area contributed by atoms with Crippen LogP contribution in [0.1, 0.15) is 31.4 Å². The Kier molecular flexibility index (Phi) is 9.13. The second kappa shape index (κ2) is 10.1. The minimum absolute atomic E-state index is 0. The highest BCUT2D eigenvalue weighted by atomic mass is 35.5. The van der Waals surface area contributed by atoms with Gasteiger partial charge in [0.05, 0.1) is 5.54 Å². The van der Waals surface area contributed by atoms with Gasteiger partial charge in [-0.1, -0.05) is 29.8 Å². The first-order valence-electron chi connectivity index (χ1n) is 8.66. The molecule has 1 aromatic rings. The number of benzene rings is 1. The van der Waals surface area contributed by atoms with Crippen LogP contribution < -0.4 is 5.73 Å². The van der Waals surface area contributed by atoms with Gasteiger partial charge in [-0.3, -0.25) is 9.69 Å². The van der Waals surface area contributed by atoms with Crippen LogP contribution in [0.3, 0.4) is 0 Å². The highest BCUT2D eigenvalue weighted by Gasteiger charge is 2.40. The van der Waals surface area contributed by atoms with Crippen molar-refractivity contribution in [2.45, 2.75) is 31.3 Å². The maximum absolute atomic E-state index is 12.8. The number of carbonyl (C=O) groups excluding carboxylic acids is 1. The Labute approximate surface area is 173 Å². The number of hydrogen-bond donors (Lipinski definition) is 1. The van der Waals surface area contributed by atoms with Crippen LogP contribution in [0, 0.1) is 0 Å². The molecule has 1 unspecified atom stereocenters. The van der Waals surface area contributed by atoms with Gasteiger partial charge in [-0.05, 0) is 31.4 Å². The number of piperazine rings is 1. The summed E-state index contributed by atoms with van der Waals surface area (Å²) in [4.78, 5) is 17.1. The zero-order valence-corrected chi connectivity index (χ0v) is 17.4. The van der Waals surface area contributed by atoms with E-state index in [2.05, 4.69) is 17.9 Å². The van der Waals surface area contributed by atoms with Gasteiger partial charge in [0.15, 0.2) is 0 Å². The Morgan fingerprint density at radius 1 is 1.15 bits per heavy atom. The zero-order valence-electron chi connectivity index (χ0n) is 15.0. The number of nitrogens with two attached hydrogens (primary N) is 1. The molecule has 0 saturated carbocycles. The molecule has 8 heteroatoms. The van der Waals surface area contributed by atoms with Crippen LogP contribution in [-0.4, -0.2) is 60.6 Å². The summed E-state index contributed by atoms with van der Waals surface area (Å²) in [6.07, 6.45) is 1.23. The number of nitrogens with zero attached hydrogens (tertiary/aromatic N) is 2. The van der Waals surface area contributed by atoms with Gasteiger partial charge in [-0.15, -0.1) is 24.8 Å². The maximum atomic E-state index is 12.8. The molecule has 0 bridgehead atoms. The van der Waals surface area contributed by atoms with E-state index in [1.54, 1.807) is 0 Å². The van der Waals surface area contributed by atoms with Crippen LogP contribution >= 0.6 is 36.4 Å². The molecule has 2 heterocycles. The number of hydrogen-bond acceptors (Lipinski definition) is 4. The third kappa shape index (κ3) is 5.03. The number of rotatable bonds is 3. The minimum atomic E-state index is -0.741. The molecule has 2 aliphatic rings. The molecule has 1 aromatic carbocycles. The Morgan fingerprint density at radius 2 is 1.73 bits per heavy atom. The molecule has 2 fully saturated rings. The van der Waals surface area contributed by atoms with Crippen molar-refractivity contribution in [3.63, 3.8) is 0 Å². The van der Waals surface area contributed by atoms with Crippen molar-refractivity contribution >= 4 is 42.3 Å². The Hall–Kier alpha value is -0.560. The molecule has 1 amide bonds. The summed E-state index contributed by atoms with van der Waals surface area (Å²) in [5, 5.41) is 0.798. The molecule has 1 atom stereocenters. The van der Waals surface area contributed by atoms with E-state index in [4.69, 9.17) is 22.1 Å². The number of carbonyl (C=O) groups is 1. The molecule has 3 rings (SSSR count). The Morgan fingerprint density at radius 3 is 2.31 bits per heavy atom. The zero-order chi connectivity index (χ0) is 17.2. The summed E-state index contributed by atoms with van der Waals surface area (Å²) in [5.74, 6) is 0.0795. The topological polar surface area (TPSA) is 58.8 Å². The quantitative estimate of drug-likeness (QED) is 0.810. The van der Waals surface area contributed by atoms with Crippen LogP contribution in [0.2, 0.25) is 5.02 Å². The summed E-state index contributed by atoms with van der Waals surface area (Å²) < 4.78 is 5.34. The highest BCUT2D eigenvalue weighted by molar-refractivity contribution is 6.31. The van der Waals surface area contributed by atoms with E-state index in [1.165, 1.54) is 0 Å². The van der Waals surface area contributed by atoms with Crippen LogP contribution in [-0.2, 0) is 9.53 Å². The smallest absolute Gasteiger partial charge is 0.242 e. The Balaban J connectivity index is 0.00000169. The molecule has 2 saturated heterocycles. The number of halogens is 3. The second-order valence-corrected chi connectivity index (χ2v) is 7.20. The van der Waals surface area contributed by atoms with Crippen LogP contribution in [0.4, 0.5) is 0 Å². The standard InChI is InChI=1S/C18H26ClN3O2.2ClH/c1-14(15-4-2-3-5-16(15)19)21-8-10-22(11-9-21)17(23)18(20)6-12-24-13-7-18;;/h2-5,14H,6-13,20H2,1H3;2*1H. The summed E-state index contributed by atoms with van der Waals surface area (Å²) in [7, 11) is 0. The van der Waals surface area contributed by atoms with E-state index < -0.39 is 5.54 Å². The molecule has 2 N–H and O–H groups in total. The monoisotopic (exact) mass is 423 g/mol. The van der Waals surface area contributed by atoms with Crippen molar-refractivity contribution in [3.8, 4) is 0 Å². The molecule has 5 nitrogen and oxygen atoms in total.